The van der Waals surface area contributed by atoms with Crippen LogP contribution in [0.15, 0.2) is 12.5 Å². The second-order valence-electron chi connectivity index (χ2n) is 5.71. The lowest BCUT2D eigenvalue weighted by atomic mass is 10.3. The summed E-state index contributed by atoms with van der Waals surface area (Å²) in [6.07, 6.45) is 6.28. The highest BCUT2D eigenvalue weighted by Gasteiger charge is 2.18. The van der Waals surface area contributed by atoms with Gasteiger partial charge in [0.2, 0.25) is 10.0 Å². The molecule has 1 saturated heterocycles. The van der Waals surface area contributed by atoms with E-state index >= 15 is 0 Å². The Balaban J connectivity index is 1.74. The Morgan fingerprint density at radius 3 is 2.78 bits per heavy atom. The number of aromatic nitrogens is 4. The number of anilines is 1. The van der Waals surface area contributed by atoms with Crippen LogP contribution >= 0.6 is 0 Å². The molecule has 1 fully saturated rings. The van der Waals surface area contributed by atoms with Crippen LogP contribution < -0.4 is 9.62 Å². The zero-order chi connectivity index (χ0) is 16.3. The van der Waals surface area contributed by atoms with Crippen molar-refractivity contribution in [3.8, 4) is 0 Å². The third-order valence-corrected chi connectivity index (χ3v) is 5.53. The van der Waals surface area contributed by atoms with E-state index in [-0.39, 0.29) is 5.75 Å². The molecule has 8 nitrogen and oxygen atoms in total. The molecule has 0 aromatic carbocycles. The monoisotopic (exact) mass is 338 g/mol. The number of rotatable bonds is 7. The Morgan fingerprint density at radius 1 is 1.26 bits per heavy atom. The van der Waals surface area contributed by atoms with Crippen molar-refractivity contribution >= 4 is 26.9 Å². The highest BCUT2D eigenvalue weighted by molar-refractivity contribution is 7.89. The summed E-state index contributed by atoms with van der Waals surface area (Å²) in [5.74, 6) is 1.07. The molecular weight excluding hydrogens is 316 g/mol. The second kappa shape index (κ2) is 6.79. The molecule has 2 aromatic heterocycles. The lowest BCUT2D eigenvalue weighted by Crippen LogP contribution is -2.29. The molecule has 1 N–H and O–H groups in total. The summed E-state index contributed by atoms with van der Waals surface area (Å²) in [4.78, 5) is 11.0. The molecule has 3 rings (SSSR count). The fraction of sp³-hybridized carbons (Fsp3) is 0.643. The summed E-state index contributed by atoms with van der Waals surface area (Å²) in [5, 5.41) is 5.27. The molecule has 0 bridgehead atoms. The molecule has 0 atom stereocenters. The van der Waals surface area contributed by atoms with E-state index in [0.717, 1.165) is 29.9 Å². The first-order valence-electron chi connectivity index (χ1n) is 7.99. The van der Waals surface area contributed by atoms with E-state index in [0.29, 0.717) is 19.5 Å². The second-order valence-corrected chi connectivity index (χ2v) is 7.64. The number of hydrogen-bond donors (Lipinski definition) is 1. The van der Waals surface area contributed by atoms with E-state index in [1.807, 2.05) is 6.92 Å². The van der Waals surface area contributed by atoms with Crippen LogP contribution in [-0.2, 0) is 16.6 Å². The first kappa shape index (κ1) is 16.1. The van der Waals surface area contributed by atoms with Crippen molar-refractivity contribution < 1.29 is 8.42 Å². The van der Waals surface area contributed by atoms with Gasteiger partial charge in [0.25, 0.3) is 0 Å². The van der Waals surface area contributed by atoms with E-state index < -0.39 is 10.0 Å². The predicted molar refractivity (Wildman–Crippen MR) is 88.9 cm³/mol. The highest BCUT2D eigenvalue weighted by Crippen LogP contribution is 2.25. The lowest BCUT2D eigenvalue weighted by Gasteiger charge is -2.16. The Labute approximate surface area is 136 Å². The predicted octanol–water partition coefficient (Wildman–Crippen LogP) is 0.756. The van der Waals surface area contributed by atoms with E-state index in [2.05, 4.69) is 24.7 Å². The molecule has 126 valence electrons. The van der Waals surface area contributed by atoms with Crippen molar-refractivity contribution in [2.24, 2.45) is 0 Å². The molecule has 0 aliphatic carbocycles. The van der Waals surface area contributed by atoms with Crippen LogP contribution in [-0.4, -0.2) is 53.6 Å². The van der Waals surface area contributed by atoms with Gasteiger partial charge in [0, 0.05) is 19.6 Å². The van der Waals surface area contributed by atoms with Crippen LogP contribution in [0.3, 0.4) is 0 Å². The maximum atomic E-state index is 11.7. The molecule has 3 heterocycles. The Bertz CT molecular complexity index is 767. The normalized spacial score (nSPS) is 15.6. The fourth-order valence-electron chi connectivity index (χ4n) is 2.87. The Kier molecular flexibility index (Phi) is 4.76. The zero-order valence-electron chi connectivity index (χ0n) is 13.3. The number of sulfonamides is 1. The highest BCUT2D eigenvalue weighted by atomic mass is 32.2. The minimum Gasteiger partial charge on any atom is -0.356 e. The Morgan fingerprint density at radius 2 is 2.04 bits per heavy atom. The Hall–Kier alpha value is -1.74. The molecular formula is C14H22N6O2S. The lowest BCUT2D eigenvalue weighted by molar-refractivity contribution is 0.563. The van der Waals surface area contributed by atoms with Crippen LogP contribution in [0.1, 0.15) is 26.2 Å². The average Bonchev–Trinajstić information content (AvgIpc) is 3.16. The van der Waals surface area contributed by atoms with Crippen LogP contribution in [0.4, 0.5) is 5.82 Å². The van der Waals surface area contributed by atoms with Crippen LogP contribution in [0.2, 0.25) is 0 Å². The van der Waals surface area contributed by atoms with Gasteiger partial charge in [-0.2, -0.15) is 5.10 Å². The summed E-state index contributed by atoms with van der Waals surface area (Å²) in [6, 6.07) is 0. The first-order chi connectivity index (χ1) is 11.1. The van der Waals surface area contributed by atoms with Crippen molar-refractivity contribution in [3.63, 3.8) is 0 Å². The summed E-state index contributed by atoms with van der Waals surface area (Å²) in [6.45, 7) is 4.62. The summed E-state index contributed by atoms with van der Waals surface area (Å²) in [7, 11) is -3.19. The largest absolute Gasteiger partial charge is 0.356 e. The molecule has 0 amide bonds. The molecule has 0 saturated carbocycles. The van der Waals surface area contributed by atoms with E-state index in [1.54, 1.807) is 17.2 Å². The minimum atomic E-state index is -3.19. The molecule has 0 spiro atoms. The van der Waals surface area contributed by atoms with Gasteiger partial charge in [-0.15, -0.1) is 0 Å². The molecule has 23 heavy (non-hydrogen) atoms. The van der Waals surface area contributed by atoms with Gasteiger partial charge in [0.1, 0.15) is 12.1 Å². The zero-order valence-corrected chi connectivity index (χ0v) is 14.1. The van der Waals surface area contributed by atoms with Gasteiger partial charge >= 0.3 is 0 Å². The van der Waals surface area contributed by atoms with E-state index in [4.69, 9.17) is 0 Å². The van der Waals surface area contributed by atoms with Crippen molar-refractivity contribution in [1.82, 2.24) is 24.5 Å². The topological polar surface area (TPSA) is 93.0 Å². The molecule has 9 heteroatoms. The van der Waals surface area contributed by atoms with Gasteiger partial charge in [-0.25, -0.2) is 27.8 Å². The maximum Gasteiger partial charge on any atom is 0.211 e. The SMILES string of the molecule is CCCS(=O)(=O)NCCn1ncc2c(N3CCCC3)ncnc21. The smallest absolute Gasteiger partial charge is 0.211 e. The first-order valence-corrected chi connectivity index (χ1v) is 9.65. The van der Waals surface area contributed by atoms with E-state index in [1.165, 1.54) is 12.8 Å². The van der Waals surface area contributed by atoms with Crippen LogP contribution in [0, 0.1) is 0 Å². The molecule has 1 aliphatic heterocycles. The van der Waals surface area contributed by atoms with Gasteiger partial charge in [-0.3, -0.25) is 0 Å². The molecule has 1 aliphatic rings. The quantitative estimate of drug-likeness (QED) is 0.801. The van der Waals surface area contributed by atoms with Crippen molar-refractivity contribution in [1.29, 1.82) is 0 Å². The summed E-state index contributed by atoms with van der Waals surface area (Å²) in [5.41, 5.74) is 0.747. The number of nitrogens with zero attached hydrogens (tertiary/aromatic N) is 5. The fourth-order valence-corrected chi connectivity index (χ4v) is 3.96. The number of nitrogens with one attached hydrogen (secondary N) is 1. The molecule has 2 aromatic rings. The third kappa shape index (κ3) is 3.61. The van der Waals surface area contributed by atoms with E-state index in [9.17, 15) is 8.42 Å². The van der Waals surface area contributed by atoms with Crippen molar-refractivity contribution in [2.75, 3.05) is 30.3 Å². The van der Waals surface area contributed by atoms with Crippen molar-refractivity contribution in [3.05, 3.63) is 12.5 Å². The number of fused-ring (bicyclic) bond motifs is 1. The minimum absolute atomic E-state index is 0.147. The molecule has 0 unspecified atom stereocenters. The summed E-state index contributed by atoms with van der Waals surface area (Å²) < 4.78 is 27.7. The maximum absolute atomic E-state index is 11.7. The third-order valence-electron chi connectivity index (χ3n) is 3.94. The summed E-state index contributed by atoms with van der Waals surface area (Å²) >= 11 is 0. The standard InChI is InChI=1S/C14H22N6O2S/c1-2-9-23(21,22)18-5-8-20-14-12(10-17-20)13(15-11-16-14)19-6-3-4-7-19/h10-11,18H,2-9H2,1H3. The number of hydrogen-bond acceptors (Lipinski definition) is 6. The van der Waals surface area contributed by atoms with Crippen LogP contribution in [0.25, 0.3) is 11.0 Å². The molecule has 0 radical (unpaired) electrons. The van der Waals surface area contributed by atoms with Gasteiger partial charge in [0.15, 0.2) is 5.65 Å². The van der Waals surface area contributed by atoms with Gasteiger partial charge < -0.3 is 4.90 Å². The van der Waals surface area contributed by atoms with Crippen molar-refractivity contribution in [2.45, 2.75) is 32.7 Å². The van der Waals surface area contributed by atoms with Crippen LogP contribution in [0.5, 0.6) is 0 Å². The van der Waals surface area contributed by atoms with Gasteiger partial charge in [-0.1, -0.05) is 6.92 Å². The average molecular weight is 338 g/mol. The van der Waals surface area contributed by atoms with Gasteiger partial charge in [0.05, 0.1) is 23.9 Å². The van der Waals surface area contributed by atoms with Gasteiger partial charge in [-0.05, 0) is 19.3 Å².